The van der Waals surface area contributed by atoms with Gasteiger partial charge in [-0.05, 0) is 18.2 Å². The van der Waals surface area contributed by atoms with Crippen LogP contribution in [0.5, 0.6) is 0 Å². The van der Waals surface area contributed by atoms with Gasteiger partial charge in [-0.3, -0.25) is 0 Å². The minimum atomic E-state index is -4.62. The van der Waals surface area contributed by atoms with E-state index < -0.39 is 21.6 Å². The zero-order valence-electron chi connectivity index (χ0n) is 18.5. The topological polar surface area (TPSA) is 95.0 Å². The Bertz CT molecular complexity index is 1780. The van der Waals surface area contributed by atoms with E-state index in [0.29, 0.717) is 17.5 Å². The van der Waals surface area contributed by atoms with Crippen molar-refractivity contribution in [2.24, 2.45) is 7.05 Å². The molecular formula is C22H15Cl2F3N6O2S. The van der Waals surface area contributed by atoms with Crippen LogP contribution in [0.3, 0.4) is 0 Å². The molecule has 0 N–H and O–H groups in total. The summed E-state index contributed by atoms with van der Waals surface area (Å²) in [4.78, 5) is 12.6. The summed E-state index contributed by atoms with van der Waals surface area (Å²) < 4.78 is 68.6. The smallest absolute Gasteiger partial charge is 0.312 e. The molecule has 0 aliphatic heterocycles. The van der Waals surface area contributed by atoms with Crippen molar-refractivity contribution >= 4 is 49.9 Å². The maximum Gasteiger partial charge on any atom is 0.417 e. The number of hydrogen-bond donors (Lipinski definition) is 0. The minimum Gasteiger partial charge on any atom is -0.312 e. The Kier molecular flexibility index (Phi) is 5.73. The van der Waals surface area contributed by atoms with Gasteiger partial charge in [0.2, 0.25) is 0 Å². The van der Waals surface area contributed by atoms with Crippen molar-refractivity contribution in [1.82, 2.24) is 29.1 Å². The van der Waals surface area contributed by atoms with Crippen molar-refractivity contribution < 1.29 is 21.6 Å². The normalized spacial score (nSPS) is 12.6. The lowest BCUT2D eigenvalue weighted by atomic mass is 10.1. The molecule has 0 fully saturated rings. The number of hydrogen-bond acceptors (Lipinski definition) is 6. The number of alkyl halides is 3. The summed E-state index contributed by atoms with van der Waals surface area (Å²) in [5.41, 5.74) is 0.129. The van der Waals surface area contributed by atoms with Crippen LogP contribution in [0, 0.1) is 0 Å². The summed E-state index contributed by atoms with van der Waals surface area (Å²) in [5.74, 6) is -0.238. The molecular weight excluding hydrogens is 540 g/mol. The number of halogens is 5. The minimum absolute atomic E-state index is 0.0332. The van der Waals surface area contributed by atoms with Crippen molar-refractivity contribution in [1.29, 1.82) is 0 Å². The van der Waals surface area contributed by atoms with E-state index in [-0.39, 0.29) is 49.0 Å². The Morgan fingerprint density at radius 2 is 1.83 bits per heavy atom. The maximum atomic E-state index is 13.2. The third-order valence-corrected chi connectivity index (χ3v) is 8.10. The molecule has 186 valence electrons. The average Bonchev–Trinajstić information content (AvgIpc) is 3.38. The first-order chi connectivity index (χ1) is 16.9. The quantitative estimate of drug-likeness (QED) is 0.292. The number of rotatable bonds is 4. The summed E-state index contributed by atoms with van der Waals surface area (Å²) in [6, 6.07) is 7.43. The Morgan fingerprint density at radius 3 is 2.53 bits per heavy atom. The van der Waals surface area contributed by atoms with Crippen molar-refractivity contribution in [3.63, 3.8) is 0 Å². The van der Waals surface area contributed by atoms with Crippen LogP contribution in [0.1, 0.15) is 12.5 Å². The fraction of sp³-hybridized carbons (Fsp3) is 0.182. The second-order valence-electron chi connectivity index (χ2n) is 7.81. The molecule has 0 unspecified atom stereocenters. The second kappa shape index (κ2) is 8.43. The highest BCUT2D eigenvalue weighted by Crippen LogP contribution is 2.38. The van der Waals surface area contributed by atoms with Crippen LogP contribution in [0.2, 0.25) is 10.0 Å². The molecule has 0 spiro atoms. The predicted octanol–water partition coefficient (Wildman–Crippen LogP) is 5.46. The molecule has 14 heteroatoms. The van der Waals surface area contributed by atoms with Gasteiger partial charge in [-0.25, -0.2) is 27.9 Å². The van der Waals surface area contributed by atoms with Gasteiger partial charge < -0.3 is 4.57 Å². The molecule has 0 atom stereocenters. The van der Waals surface area contributed by atoms with E-state index in [0.717, 1.165) is 6.07 Å². The van der Waals surface area contributed by atoms with Crippen LogP contribution in [0.4, 0.5) is 13.2 Å². The lowest BCUT2D eigenvalue weighted by Crippen LogP contribution is -2.07. The molecule has 0 amide bonds. The van der Waals surface area contributed by atoms with Gasteiger partial charge >= 0.3 is 6.18 Å². The highest BCUT2D eigenvalue weighted by atomic mass is 35.5. The summed E-state index contributed by atoms with van der Waals surface area (Å²) in [6.07, 6.45) is -2.48. The fourth-order valence-electron chi connectivity index (χ4n) is 3.84. The number of aromatic nitrogens is 6. The van der Waals surface area contributed by atoms with E-state index in [1.54, 1.807) is 24.3 Å². The largest absolute Gasteiger partial charge is 0.417 e. The van der Waals surface area contributed by atoms with E-state index >= 15 is 0 Å². The van der Waals surface area contributed by atoms with Crippen LogP contribution in [0.25, 0.3) is 39.5 Å². The van der Waals surface area contributed by atoms with E-state index in [4.69, 9.17) is 23.2 Å². The zero-order valence-corrected chi connectivity index (χ0v) is 20.9. The number of benzene rings is 1. The molecule has 4 aromatic heterocycles. The van der Waals surface area contributed by atoms with Gasteiger partial charge in [-0.15, -0.1) is 0 Å². The average molecular weight is 555 g/mol. The highest BCUT2D eigenvalue weighted by molar-refractivity contribution is 7.91. The first-order valence-electron chi connectivity index (χ1n) is 10.4. The van der Waals surface area contributed by atoms with Gasteiger partial charge in [-0.1, -0.05) is 42.3 Å². The SMILES string of the molecule is CCS(=O)(=O)c1nn2c(-c3cccc(Cl)c3Cl)ccnc2c1-c1nc2cc(C(F)(F)F)cnc2n1C. The monoisotopic (exact) mass is 554 g/mol. The van der Waals surface area contributed by atoms with E-state index in [2.05, 4.69) is 20.1 Å². The van der Waals surface area contributed by atoms with E-state index in [1.165, 1.54) is 29.3 Å². The number of fused-ring (bicyclic) bond motifs is 2. The number of imidazole rings is 1. The van der Waals surface area contributed by atoms with Gasteiger partial charge in [0.25, 0.3) is 0 Å². The molecule has 0 bridgehead atoms. The Hall–Kier alpha value is -3.22. The molecule has 0 aliphatic rings. The van der Waals surface area contributed by atoms with Gasteiger partial charge in [0.05, 0.1) is 27.1 Å². The van der Waals surface area contributed by atoms with Gasteiger partial charge in [-0.2, -0.15) is 18.3 Å². The fourth-order valence-corrected chi connectivity index (χ4v) is 5.21. The van der Waals surface area contributed by atoms with E-state index in [1.807, 2.05) is 0 Å². The number of nitrogens with zero attached hydrogens (tertiary/aromatic N) is 6. The van der Waals surface area contributed by atoms with Gasteiger partial charge in [0.1, 0.15) is 16.9 Å². The Balaban J connectivity index is 1.87. The van der Waals surface area contributed by atoms with Crippen molar-refractivity contribution in [2.45, 2.75) is 18.1 Å². The zero-order chi connectivity index (χ0) is 26.0. The second-order valence-corrected chi connectivity index (χ2v) is 10.8. The third kappa shape index (κ3) is 3.80. The molecule has 0 radical (unpaired) electrons. The standard InChI is InChI=1S/C22H15Cl2F3N6O2S/c1-3-36(34,35)21-16(20-30-14-9-11(22(25,26)27)10-29-18(14)32(20)2)19-28-8-7-15(33(19)31-21)12-5-4-6-13(23)17(12)24/h4-10H,3H2,1-2H3. The maximum absolute atomic E-state index is 13.2. The van der Waals surface area contributed by atoms with Crippen LogP contribution in [-0.4, -0.2) is 43.3 Å². The lowest BCUT2D eigenvalue weighted by Gasteiger charge is -2.08. The molecule has 5 aromatic rings. The third-order valence-electron chi connectivity index (χ3n) is 5.65. The number of aryl methyl sites for hydroxylation is 1. The molecule has 8 nitrogen and oxygen atoms in total. The Labute approximate surface area is 212 Å². The van der Waals surface area contributed by atoms with Crippen LogP contribution < -0.4 is 0 Å². The van der Waals surface area contributed by atoms with Gasteiger partial charge in [0.15, 0.2) is 26.2 Å². The van der Waals surface area contributed by atoms with Crippen LogP contribution >= 0.6 is 23.2 Å². The number of pyridine rings is 1. The summed E-state index contributed by atoms with van der Waals surface area (Å²) in [5, 5.41) is 4.55. The molecule has 5 rings (SSSR count). The first kappa shape index (κ1) is 24.5. The molecule has 4 heterocycles. The number of sulfone groups is 1. The van der Waals surface area contributed by atoms with Crippen molar-refractivity contribution in [3.8, 4) is 22.6 Å². The van der Waals surface area contributed by atoms with Crippen LogP contribution in [-0.2, 0) is 23.1 Å². The molecule has 36 heavy (non-hydrogen) atoms. The molecule has 0 saturated heterocycles. The van der Waals surface area contributed by atoms with Gasteiger partial charge in [0, 0.05) is 25.0 Å². The lowest BCUT2D eigenvalue weighted by molar-refractivity contribution is -0.137. The first-order valence-corrected chi connectivity index (χ1v) is 12.8. The van der Waals surface area contributed by atoms with Crippen molar-refractivity contribution in [3.05, 3.63) is 58.3 Å². The van der Waals surface area contributed by atoms with Crippen LogP contribution in [0.15, 0.2) is 47.8 Å². The summed E-state index contributed by atoms with van der Waals surface area (Å²) in [7, 11) is -2.40. The summed E-state index contributed by atoms with van der Waals surface area (Å²) >= 11 is 12.6. The molecule has 1 aromatic carbocycles. The molecule has 0 saturated carbocycles. The van der Waals surface area contributed by atoms with Crippen molar-refractivity contribution in [2.75, 3.05) is 5.75 Å². The Morgan fingerprint density at radius 1 is 1.08 bits per heavy atom. The summed E-state index contributed by atoms with van der Waals surface area (Å²) in [6.45, 7) is 1.46. The van der Waals surface area contributed by atoms with E-state index in [9.17, 15) is 21.6 Å². The highest BCUT2D eigenvalue weighted by Gasteiger charge is 2.33. The predicted molar refractivity (Wildman–Crippen MR) is 129 cm³/mol. The molecule has 0 aliphatic carbocycles.